The molecule has 0 aliphatic carbocycles. The quantitative estimate of drug-likeness (QED) is 0.722. The lowest BCUT2D eigenvalue weighted by atomic mass is 9.98. The van der Waals surface area contributed by atoms with Crippen LogP contribution in [0.2, 0.25) is 5.02 Å². The first-order valence-corrected chi connectivity index (χ1v) is 9.98. The number of carbonyl (C=O) groups is 2. The lowest BCUT2D eigenvalue weighted by Gasteiger charge is -2.35. The van der Waals surface area contributed by atoms with Crippen molar-refractivity contribution in [2.24, 2.45) is 5.73 Å². The highest BCUT2D eigenvalue weighted by atomic mass is 35.5. The first-order valence-electron chi connectivity index (χ1n) is 9.61. The van der Waals surface area contributed by atoms with Gasteiger partial charge in [0.25, 0.3) is 5.92 Å². The molecule has 30 heavy (non-hydrogen) atoms. The number of carbonyl (C=O) groups excluding carboxylic acids is 2. The topological polar surface area (TPSA) is 93.9 Å². The predicted octanol–water partition coefficient (Wildman–Crippen LogP) is 3.28. The van der Waals surface area contributed by atoms with Gasteiger partial charge in [0.05, 0.1) is 12.1 Å². The van der Waals surface area contributed by atoms with Crippen molar-refractivity contribution < 1.29 is 27.8 Å². The first-order chi connectivity index (χ1) is 13.8. The summed E-state index contributed by atoms with van der Waals surface area (Å²) in [6, 6.07) is 1.20. The number of nitrogens with zero attached hydrogens (tertiary/aromatic N) is 1. The number of halogens is 3. The van der Waals surface area contributed by atoms with Crippen molar-refractivity contribution in [2.75, 3.05) is 20.2 Å². The Morgan fingerprint density at radius 1 is 1.27 bits per heavy atom. The molecule has 2 amide bonds. The number of benzene rings is 1. The highest BCUT2D eigenvalue weighted by Crippen LogP contribution is 2.36. The third kappa shape index (κ3) is 5.95. The van der Waals surface area contributed by atoms with Crippen LogP contribution in [0, 0.1) is 0 Å². The molecule has 1 aliphatic rings. The van der Waals surface area contributed by atoms with Crippen LogP contribution in [0.25, 0.3) is 0 Å². The van der Waals surface area contributed by atoms with Gasteiger partial charge in [-0.3, -0.25) is 4.79 Å². The largest absolute Gasteiger partial charge is 0.495 e. The van der Waals surface area contributed by atoms with Gasteiger partial charge in [0, 0.05) is 24.7 Å². The maximum absolute atomic E-state index is 14.9. The second kappa shape index (κ2) is 9.34. The summed E-state index contributed by atoms with van der Waals surface area (Å²) in [7, 11) is 1.31. The fraction of sp³-hybridized carbons (Fsp3) is 0.600. The number of alkyl halides is 2. The Hall–Kier alpha value is -2.13. The molecule has 168 valence electrons. The van der Waals surface area contributed by atoms with Crippen LogP contribution in [0.3, 0.4) is 0 Å². The molecule has 1 saturated heterocycles. The van der Waals surface area contributed by atoms with Crippen LogP contribution >= 0.6 is 11.6 Å². The minimum Gasteiger partial charge on any atom is -0.495 e. The fourth-order valence-corrected chi connectivity index (χ4v) is 3.31. The SMILES string of the molecule is COc1cc(C(F)(F)C(N)C(=O)N2CCC(NC(=O)OC(C)(C)C)CC2)ccc1Cl. The molecule has 0 saturated carbocycles. The number of hydrogen-bond acceptors (Lipinski definition) is 5. The molecule has 0 spiro atoms. The summed E-state index contributed by atoms with van der Waals surface area (Å²) in [5.41, 5.74) is 4.59. The van der Waals surface area contributed by atoms with Crippen LogP contribution in [-0.2, 0) is 15.5 Å². The van der Waals surface area contributed by atoms with E-state index in [1.807, 2.05) is 0 Å². The lowest BCUT2D eigenvalue weighted by molar-refractivity contribution is -0.144. The van der Waals surface area contributed by atoms with Crippen molar-refractivity contribution in [3.63, 3.8) is 0 Å². The van der Waals surface area contributed by atoms with Gasteiger partial charge in [-0.1, -0.05) is 17.7 Å². The summed E-state index contributed by atoms with van der Waals surface area (Å²) in [6.07, 6.45) is 0.281. The molecule has 1 aromatic rings. The average molecular weight is 448 g/mol. The number of piperidine rings is 1. The van der Waals surface area contributed by atoms with Crippen molar-refractivity contribution in [1.82, 2.24) is 10.2 Å². The van der Waals surface area contributed by atoms with Crippen LogP contribution in [-0.4, -0.2) is 54.8 Å². The summed E-state index contributed by atoms with van der Waals surface area (Å²) in [6.45, 7) is 5.67. The number of ether oxygens (including phenoxy) is 2. The molecule has 7 nitrogen and oxygen atoms in total. The Kier molecular flexibility index (Phi) is 7.52. The third-order valence-corrected chi connectivity index (χ3v) is 5.03. The number of amides is 2. The Labute approximate surface area is 179 Å². The molecule has 1 atom stereocenters. The van der Waals surface area contributed by atoms with Gasteiger partial charge in [0.15, 0.2) is 6.04 Å². The van der Waals surface area contributed by atoms with E-state index in [9.17, 15) is 18.4 Å². The summed E-state index contributed by atoms with van der Waals surface area (Å²) in [5.74, 6) is -4.40. The fourth-order valence-electron chi connectivity index (χ4n) is 3.12. The molecular formula is C20H28ClF2N3O4. The summed E-state index contributed by atoms with van der Waals surface area (Å²) in [5, 5.41) is 2.91. The van der Waals surface area contributed by atoms with Crippen molar-refractivity contribution in [3.05, 3.63) is 28.8 Å². The van der Waals surface area contributed by atoms with Crippen LogP contribution in [0.1, 0.15) is 39.2 Å². The van der Waals surface area contributed by atoms with Crippen molar-refractivity contribution in [2.45, 2.75) is 57.2 Å². The van der Waals surface area contributed by atoms with E-state index in [-0.39, 0.29) is 29.9 Å². The smallest absolute Gasteiger partial charge is 0.407 e. The van der Waals surface area contributed by atoms with E-state index in [4.69, 9.17) is 26.8 Å². The second-order valence-corrected chi connectivity index (χ2v) is 8.60. The molecule has 2 rings (SSSR count). The molecule has 1 unspecified atom stereocenters. The minimum atomic E-state index is -3.61. The molecular weight excluding hydrogens is 420 g/mol. The Balaban J connectivity index is 1.98. The Bertz CT molecular complexity index is 778. The molecule has 1 aliphatic heterocycles. The number of methoxy groups -OCH3 is 1. The van der Waals surface area contributed by atoms with Crippen LogP contribution in [0.15, 0.2) is 18.2 Å². The van der Waals surface area contributed by atoms with Crippen LogP contribution in [0.4, 0.5) is 13.6 Å². The van der Waals surface area contributed by atoms with Gasteiger partial charge in [0.1, 0.15) is 11.4 Å². The molecule has 3 N–H and O–H groups in total. The van der Waals surface area contributed by atoms with Crippen molar-refractivity contribution >= 4 is 23.6 Å². The molecule has 1 heterocycles. The van der Waals surface area contributed by atoms with Crippen LogP contribution in [0.5, 0.6) is 5.75 Å². The maximum Gasteiger partial charge on any atom is 0.407 e. The van der Waals surface area contributed by atoms with Crippen LogP contribution < -0.4 is 15.8 Å². The zero-order valence-corrected chi connectivity index (χ0v) is 18.3. The van der Waals surface area contributed by atoms with E-state index in [1.165, 1.54) is 18.1 Å². The number of likely N-dealkylation sites (tertiary alicyclic amines) is 1. The Morgan fingerprint density at radius 3 is 2.40 bits per heavy atom. The third-order valence-electron chi connectivity index (χ3n) is 4.72. The monoisotopic (exact) mass is 447 g/mol. The summed E-state index contributed by atoms with van der Waals surface area (Å²) in [4.78, 5) is 25.8. The van der Waals surface area contributed by atoms with E-state index in [0.29, 0.717) is 12.8 Å². The molecule has 10 heteroatoms. The van der Waals surface area contributed by atoms with E-state index < -0.39 is 35.1 Å². The number of alkyl carbamates (subject to hydrolysis) is 1. The van der Waals surface area contributed by atoms with Gasteiger partial charge in [-0.15, -0.1) is 0 Å². The highest BCUT2D eigenvalue weighted by Gasteiger charge is 2.46. The standard InChI is InChI=1S/C20H28ClF2N3O4/c1-19(2,3)30-18(28)25-13-7-9-26(10-8-13)17(27)16(24)20(22,23)12-5-6-14(21)15(11-12)29-4/h5-6,11,13,16H,7-10,24H2,1-4H3,(H,25,28). The Morgan fingerprint density at radius 2 is 1.87 bits per heavy atom. The number of hydrogen-bond donors (Lipinski definition) is 2. The number of rotatable bonds is 5. The second-order valence-electron chi connectivity index (χ2n) is 8.20. The average Bonchev–Trinajstić information content (AvgIpc) is 2.66. The number of nitrogens with two attached hydrogens (primary N) is 1. The van der Waals surface area contributed by atoms with Gasteiger partial charge in [-0.25, -0.2) is 4.79 Å². The highest BCUT2D eigenvalue weighted by molar-refractivity contribution is 6.32. The van der Waals surface area contributed by atoms with Crippen molar-refractivity contribution in [3.8, 4) is 5.75 Å². The van der Waals surface area contributed by atoms with Gasteiger partial charge in [0.2, 0.25) is 5.91 Å². The van der Waals surface area contributed by atoms with E-state index in [1.54, 1.807) is 20.8 Å². The van der Waals surface area contributed by atoms with E-state index in [2.05, 4.69) is 5.32 Å². The normalized spacial score (nSPS) is 16.7. The molecule has 0 aromatic heterocycles. The molecule has 0 bridgehead atoms. The molecule has 1 aromatic carbocycles. The lowest BCUT2D eigenvalue weighted by Crippen LogP contribution is -2.55. The summed E-state index contributed by atoms with van der Waals surface area (Å²) >= 11 is 5.88. The maximum atomic E-state index is 14.9. The van der Waals surface area contributed by atoms with Gasteiger partial charge < -0.3 is 25.4 Å². The summed E-state index contributed by atoms with van der Waals surface area (Å²) < 4.78 is 39.9. The first kappa shape index (κ1) is 24.1. The van der Waals surface area contributed by atoms with E-state index >= 15 is 0 Å². The zero-order chi connectivity index (χ0) is 22.7. The number of nitrogens with one attached hydrogen (secondary N) is 1. The molecule has 0 radical (unpaired) electrons. The zero-order valence-electron chi connectivity index (χ0n) is 17.5. The van der Waals surface area contributed by atoms with Gasteiger partial charge in [-0.05, 0) is 45.7 Å². The van der Waals surface area contributed by atoms with Gasteiger partial charge in [-0.2, -0.15) is 8.78 Å². The molecule has 1 fully saturated rings. The minimum absolute atomic E-state index is 0.0718. The van der Waals surface area contributed by atoms with Crippen molar-refractivity contribution in [1.29, 1.82) is 0 Å². The predicted molar refractivity (Wildman–Crippen MR) is 109 cm³/mol. The van der Waals surface area contributed by atoms with Gasteiger partial charge >= 0.3 is 6.09 Å². The van der Waals surface area contributed by atoms with E-state index in [0.717, 1.165) is 12.1 Å².